The molecule has 2 aromatic carbocycles. The Hall–Kier alpha value is -3.01. The third-order valence-corrected chi connectivity index (χ3v) is 5.05. The SMILES string of the molecule is NS(=O)(=O)c1ccc(CNC(=O)c2cnc(-c3ccc(Cl)cc3)[nH]c2=O)cc1. The summed E-state index contributed by atoms with van der Waals surface area (Å²) in [5, 5.41) is 8.17. The summed E-state index contributed by atoms with van der Waals surface area (Å²) in [4.78, 5) is 31.1. The average molecular weight is 419 g/mol. The van der Waals surface area contributed by atoms with Crippen LogP contribution in [0.5, 0.6) is 0 Å². The first kappa shape index (κ1) is 19.7. The molecule has 0 aliphatic carbocycles. The summed E-state index contributed by atoms with van der Waals surface area (Å²) in [6, 6.07) is 12.4. The van der Waals surface area contributed by atoms with Crippen LogP contribution in [0, 0.1) is 0 Å². The Balaban J connectivity index is 1.71. The van der Waals surface area contributed by atoms with Gasteiger partial charge < -0.3 is 10.3 Å². The zero-order valence-electron chi connectivity index (χ0n) is 14.3. The van der Waals surface area contributed by atoms with Gasteiger partial charge in [-0.05, 0) is 42.0 Å². The molecule has 10 heteroatoms. The molecule has 0 radical (unpaired) electrons. The van der Waals surface area contributed by atoms with E-state index in [1.165, 1.54) is 30.5 Å². The predicted octanol–water partition coefficient (Wildman–Crippen LogP) is 1.67. The van der Waals surface area contributed by atoms with E-state index >= 15 is 0 Å². The van der Waals surface area contributed by atoms with Gasteiger partial charge in [-0.1, -0.05) is 23.7 Å². The van der Waals surface area contributed by atoms with Crippen LogP contribution in [0.15, 0.2) is 64.4 Å². The first-order valence-corrected chi connectivity index (χ1v) is 9.91. The van der Waals surface area contributed by atoms with E-state index in [4.69, 9.17) is 16.7 Å². The molecule has 0 bridgehead atoms. The van der Waals surface area contributed by atoms with E-state index in [1.54, 1.807) is 24.3 Å². The van der Waals surface area contributed by atoms with Crippen molar-refractivity contribution in [3.05, 3.63) is 81.2 Å². The lowest BCUT2D eigenvalue weighted by Gasteiger charge is -2.07. The molecule has 1 amide bonds. The lowest BCUT2D eigenvalue weighted by molar-refractivity contribution is 0.0949. The molecule has 0 aliphatic heterocycles. The number of rotatable bonds is 5. The molecule has 3 aromatic rings. The number of sulfonamides is 1. The highest BCUT2D eigenvalue weighted by Gasteiger charge is 2.13. The van der Waals surface area contributed by atoms with Gasteiger partial charge in [-0.25, -0.2) is 18.5 Å². The Morgan fingerprint density at radius 2 is 1.75 bits per heavy atom. The molecule has 0 aliphatic rings. The number of nitrogens with one attached hydrogen (secondary N) is 2. The third-order valence-electron chi connectivity index (χ3n) is 3.87. The van der Waals surface area contributed by atoms with Gasteiger partial charge in [0.05, 0.1) is 4.90 Å². The van der Waals surface area contributed by atoms with Crippen LogP contribution in [0.1, 0.15) is 15.9 Å². The number of hydrogen-bond donors (Lipinski definition) is 3. The number of amides is 1. The monoisotopic (exact) mass is 418 g/mol. The minimum atomic E-state index is -3.78. The highest BCUT2D eigenvalue weighted by atomic mass is 35.5. The Kier molecular flexibility index (Phi) is 5.59. The van der Waals surface area contributed by atoms with Gasteiger partial charge in [-0.3, -0.25) is 9.59 Å². The number of hydrogen-bond acceptors (Lipinski definition) is 5. The standard InChI is InChI=1S/C18H15ClN4O4S/c19-13-5-3-12(4-6-13)16-21-10-15(18(25)23-16)17(24)22-9-11-1-7-14(8-2-11)28(20,26)27/h1-8,10H,9H2,(H,22,24)(H2,20,26,27)(H,21,23,25). The molecule has 144 valence electrons. The van der Waals surface area contributed by atoms with E-state index in [1.807, 2.05) is 0 Å². The molecule has 0 saturated carbocycles. The summed E-state index contributed by atoms with van der Waals surface area (Å²) in [6.45, 7) is 0.0993. The number of halogens is 1. The first-order chi connectivity index (χ1) is 13.2. The van der Waals surface area contributed by atoms with Crippen LogP contribution in [0.25, 0.3) is 11.4 Å². The van der Waals surface area contributed by atoms with Gasteiger partial charge in [0.1, 0.15) is 11.4 Å². The van der Waals surface area contributed by atoms with Crippen molar-refractivity contribution in [1.29, 1.82) is 0 Å². The van der Waals surface area contributed by atoms with E-state index in [-0.39, 0.29) is 17.0 Å². The maximum Gasteiger partial charge on any atom is 0.264 e. The quantitative estimate of drug-likeness (QED) is 0.579. The third kappa shape index (κ3) is 4.63. The van der Waals surface area contributed by atoms with Crippen LogP contribution in [0.4, 0.5) is 0 Å². The molecule has 0 fully saturated rings. The molecule has 0 saturated heterocycles. The minimum absolute atomic E-state index is 0.0268. The van der Waals surface area contributed by atoms with E-state index in [2.05, 4.69) is 15.3 Å². The van der Waals surface area contributed by atoms with Crippen molar-refractivity contribution < 1.29 is 13.2 Å². The van der Waals surface area contributed by atoms with Crippen LogP contribution in [-0.2, 0) is 16.6 Å². The second-order valence-corrected chi connectivity index (χ2v) is 7.85. The smallest absolute Gasteiger partial charge is 0.264 e. The van der Waals surface area contributed by atoms with Crippen LogP contribution in [-0.4, -0.2) is 24.3 Å². The van der Waals surface area contributed by atoms with Crippen molar-refractivity contribution in [2.45, 2.75) is 11.4 Å². The minimum Gasteiger partial charge on any atom is -0.348 e. The number of aromatic amines is 1. The van der Waals surface area contributed by atoms with Gasteiger partial charge in [0.15, 0.2) is 0 Å². The van der Waals surface area contributed by atoms with Gasteiger partial charge in [-0.15, -0.1) is 0 Å². The highest BCUT2D eigenvalue weighted by Crippen LogP contribution is 2.16. The maximum absolute atomic E-state index is 12.3. The second-order valence-electron chi connectivity index (χ2n) is 5.85. The fraction of sp³-hybridized carbons (Fsp3) is 0.0556. The second kappa shape index (κ2) is 7.93. The number of nitrogens with two attached hydrogens (primary N) is 1. The summed E-state index contributed by atoms with van der Waals surface area (Å²) in [6.07, 6.45) is 1.20. The maximum atomic E-state index is 12.3. The van der Waals surface area contributed by atoms with Crippen molar-refractivity contribution in [3.63, 3.8) is 0 Å². The van der Waals surface area contributed by atoms with Crippen molar-refractivity contribution in [3.8, 4) is 11.4 Å². The van der Waals surface area contributed by atoms with Crippen molar-refractivity contribution >= 4 is 27.5 Å². The summed E-state index contributed by atoms with van der Waals surface area (Å²) in [5.41, 5.74) is 0.576. The largest absolute Gasteiger partial charge is 0.348 e. The molecule has 1 aromatic heterocycles. The molecule has 0 unspecified atom stereocenters. The average Bonchev–Trinajstić information content (AvgIpc) is 2.66. The summed E-state index contributed by atoms with van der Waals surface area (Å²) in [7, 11) is -3.78. The number of nitrogens with zero attached hydrogens (tertiary/aromatic N) is 1. The lowest BCUT2D eigenvalue weighted by atomic mass is 10.2. The van der Waals surface area contributed by atoms with Crippen LogP contribution in [0.2, 0.25) is 5.02 Å². The number of carbonyl (C=O) groups excluding carboxylic acids is 1. The Labute approximate surface area is 165 Å². The number of benzene rings is 2. The molecule has 1 heterocycles. The Morgan fingerprint density at radius 3 is 2.32 bits per heavy atom. The van der Waals surface area contributed by atoms with Gasteiger partial charge in [0.2, 0.25) is 10.0 Å². The number of primary sulfonamides is 1. The van der Waals surface area contributed by atoms with Crippen molar-refractivity contribution in [1.82, 2.24) is 15.3 Å². The summed E-state index contributed by atoms with van der Waals surface area (Å²) >= 11 is 5.83. The van der Waals surface area contributed by atoms with Crippen molar-refractivity contribution in [2.75, 3.05) is 0 Å². The highest BCUT2D eigenvalue weighted by molar-refractivity contribution is 7.89. The fourth-order valence-corrected chi connectivity index (χ4v) is 3.03. The predicted molar refractivity (Wildman–Crippen MR) is 104 cm³/mol. The van der Waals surface area contributed by atoms with Gasteiger partial charge in [0.25, 0.3) is 11.5 Å². The number of carbonyl (C=O) groups is 1. The van der Waals surface area contributed by atoms with Crippen LogP contribution < -0.4 is 16.0 Å². The number of H-pyrrole nitrogens is 1. The normalized spacial score (nSPS) is 11.2. The zero-order chi connectivity index (χ0) is 20.3. The molecular weight excluding hydrogens is 404 g/mol. The van der Waals surface area contributed by atoms with Gasteiger partial charge in [-0.2, -0.15) is 0 Å². The Bertz CT molecular complexity index is 1170. The van der Waals surface area contributed by atoms with Gasteiger partial charge >= 0.3 is 0 Å². The van der Waals surface area contributed by atoms with Crippen molar-refractivity contribution in [2.24, 2.45) is 5.14 Å². The zero-order valence-corrected chi connectivity index (χ0v) is 15.9. The molecule has 4 N–H and O–H groups in total. The molecule has 28 heavy (non-hydrogen) atoms. The summed E-state index contributed by atoms with van der Waals surface area (Å²) < 4.78 is 22.5. The summed E-state index contributed by atoms with van der Waals surface area (Å²) in [5.74, 6) is -0.288. The molecular formula is C18H15ClN4O4S. The van der Waals surface area contributed by atoms with Gasteiger partial charge in [0, 0.05) is 23.3 Å². The molecule has 8 nitrogen and oxygen atoms in total. The topological polar surface area (TPSA) is 135 Å². The number of aromatic nitrogens is 2. The molecule has 0 spiro atoms. The van der Waals surface area contributed by atoms with E-state index in [9.17, 15) is 18.0 Å². The van der Waals surface area contributed by atoms with Crippen LogP contribution in [0.3, 0.4) is 0 Å². The molecule has 0 atom stereocenters. The first-order valence-electron chi connectivity index (χ1n) is 7.99. The van der Waals surface area contributed by atoms with Crippen LogP contribution >= 0.6 is 11.6 Å². The van der Waals surface area contributed by atoms with E-state index in [0.29, 0.717) is 22.0 Å². The van der Waals surface area contributed by atoms with E-state index < -0.39 is 21.5 Å². The Morgan fingerprint density at radius 1 is 1.11 bits per heavy atom. The fourth-order valence-electron chi connectivity index (χ4n) is 2.39. The molecule has 3 rings (SSSR count). The van der Waals surface area contributed by atoms with E-state index in [0.717, 1.165) is 0 Å². The lowest BCUT2D eigenvalue weighted by Crippen LogP contribution is -2.29.